The van der Waals surface area contributed by atoms with E-state index >= 15 is 0 Å². The molecule has 76 valence electrons. The predicted octanol–water partition coefficient (Wildman–Crippen LogP) is 1.27. The molecule has 1 aliphatic carbocycles. The smallest absolute Gasteiger partial charge is 0.117 e. The molecule has 0 aliphatic heterocycles. The molecule has 0 saturated carbocycles. The summed E-state index contributed by atoms with van der Waals surface area (Å²) in [5.74, 6) is 1.57. The molecule has 0 radical (unpaired) electrons. The van der Waals surface area contributed by atoms with Gasteiger partial charge in [0.15, 0.2) is 0 Å². The van der Waals surface area contributed by atoms with E-state index in [2.05, 4.69) is 17.5 Å². The second kappa shape index (κ2) is 4.44. The number of furan rings is 1. The molecule has 1 aliphatic rings. The second-order valence-electron chi connectivity index (χ2n) is 3.75. The normalized spacial score (nSPS) is 25.8. The highest BCUT2D eigenvalue weighted by molar-refractivity contribution is 5.05. The Hall–Kier alpha value is -1.06. The van der Waals surface area contributed by atoms with Crippen molar-refractivity contribution in [3.05, 3.63) is 36.3 Å². The fourth-order valence-electron chi connectivity index (χ4n) is 1.75. The van der Waals surface area contributed by atoms with Gasteiger partial charge in [-0.1, -0.05) is 12.2 Å². The van der Waals surface area contributed by atoms with Crippen LogP contribution in [0.2, 0.25) is 0 Å². The van der Waals surface area contributed by atoms with Gasteiger partial charge in [0.1, 0.15) is 5.76 Å². The van der Waals surface area contributed by atoms with Crippen LogP contribution in [0.4, 0.5) is 0 Å². The molecule has 0 amide bonds. The zero-order valence-corrected chi connectivity index (χ0v) is 8.15. The van der Waals surface area contributed by atoms with Crippen LogP contribution in [0.25, 0.3) is 0 Å². The van der Waals surface area contributed by atoms with Gasteiger partial charge in [0.05, 0.1) is 12.8 Å². The number of hydrogen-bond acceptors (Lipinski definition) is 3. The number of nitrogens with two attached hydrogens (primary N) is 1. The maximum Gasteiger partial charge on any atom is 0.117 e. The van der Waals surface area contributed by atoms with Crippen LogP contribution in [-0.2, 0) is 6.54 Å². The summed E-state index contributed by atoms with van der Waals surface area (Å²) in [6, 6.07) is 4.14. The Morgan fingerprint density at radius 2 is 2.43 bits per heavy atom. The van der Waals surface area contributed by atoms with E-state index < -0.39 is 0 Å². The Morgan fingerprint density at radius 1 is 1.50 bits per heavy atom. The topological polar surface area (TPSA) is 51.2 Å². The van der Waals surface area contributed by atoms with Crippen molar-refractivity contribution in [2.24, 2.45) is 11.7 Å². The van der Waals surface area contributed by atoms with E-state index in [9.17, 15) is 0 Å². The number of rotatable bonds is 4. The molecule has 14 heavy (non-hydrogen) atoms. The van der Waals surface area contributed by atoms with Gasteiger partial charge in [-0.25, -0.2) is 0 Å². The molecule has 0 aromatic carbocycles. The first-order valence-electron chi connectivity index (χ1n) is 5.01. The third-order valence-electron chi connectivity index (χ3n) is 2.49. The molecule has 3 N–H and O–H groups in total. The van der Waals surface area contributed by atoms with Crippen LogP contribution in [0.5, 0.6) is 0 Å². The van der Waals surface area contributed by atoms with Crippen molar-refractivity contribution in [1.82, 2.24) is 5.32 Å². The van der Waals surface area contributed by atoms with Crippen LogP contribution in [0.3, 0.4) is 0 Å². The largest absolute Gasteiger partial charge is 0.468 e. The minimum atomic E-state index is 0.255. The summed E-state index contributed by atoms with van der Waals surface area (Å²) < 4.78 is 5.21. The summed E-state index contributed by atoms with van der Waals surface area (Å²) in [5, 5.41) is 3.35. The van der Waals surface area contributed by atoms with Crippen molar-refractivity contribution >= 4 is 0 Å². The van der Waals surface area contributed by atoms with Crippen LogP contribution in [0.1, 0.15) is 12.2 Å². The van der Waals surface area contributed by atoms with Gasteiger partial charge in [-0.05, 0) is 24.5 Å². The highest BCUT2D eigenvalue weighted by Gasteiger charge is 2.14. The van der Waals surface area contributed by atoms with Crippen molar-refractivity contribution in [2.45, 2.75) is 19.0 Å². The molecule has 0 fully saturated rings. The highest BCUT2D eigenvalue weighted by atomic mass is 16.3. The van der Waals surface area contributed by atoms with Crippen LogP contribution in [0, 0.1) is 5.92 Å². The molecule has 1 aromatic rings. The van der Waals surface area contributed by atoms with Crippen molar-refractivity contribution in [2.75, 3.05) is 6.54 Å². The average Bonchev–Trinajstić information content (AvgIpc) is 2.77. The fourth-order valence-corrected chi connectivity index (χ4v) is 1.75. The molecule has 3 heteroatoms. The molecule has 2 unspecified atom stereocenters. The number of hydrogen-bond donors (Lipinski definition) is 2. The third kappa shape index (κ3) is 2.47. The maximum atomic E-state index is 5.76. The zero-order valence-electron chi connectivity index (χ0n) is 8.15. The lowest BCUT2D eigenvalue weighted by atomic mass is 10.1. The monoisotopic (exact) mass is 192 g/mol. The van der Waals surface area contributed by atoms with E-state index in [4.69, 9.17) is 10.2 Å². The first kappa shape index (κ1) is 9.49. The minimum Gasteiger partial charge on any atom is -0.468 e. The molecule has 0 spiro atoms. The van der Waals surface area contributed by atoms with Crippen LogP contribution in [-0.4, -0.2) is 12.6 Å². The lowest BCUT2D eigenvalue weighted by Gasteiger charge is -2.09. The van der Waals surface area contributed by atoms with Crippen LogP contribution < -0.4 is 11.1 Å². The lowest BCUT2D eigenvalue weighted by molar-refractivity contribution is 0.460. The Labute approximate surface area is 84.0 Å². The number of nitrogens with one attached hydrogen (secondary N) is 1. The third-order valence-corrected chi connectivity index (χ3v) is 2.49. The fraction of sp³-hybridized carbons (Fsp3) is 0.455. The van der Waals surface area contributed by atoms with Crippen molar-refractivity contribution < 1.29 is 4.42 Å². The summed E-state index contributed by atoms with van der Waals surface area (Å²) in [5.41, 5.74) is 5.76. The van der Waals surface area contributed by atoms with Gasteiger partial charge >= 0.3 is 0 Å². The molecule has 0 saturated heterocycles. The molecule has 1 aromatic heterocycles. The molecule has 3 nitrogen and oxygen atoms in total. The van der Waals surface area contributed by atoms with Gasteiger partial charge in [-0.3, -0.25) is 0 Å². The average molecular weight is 192 g/mol. The van der Waals surface area contributed by atoms with Crippen LogP contribution >= 0.6 is 0 Å². The molecule has 1 heterocycles. The first-order valence-corrected chi connectivity index (χ1v) is 5.01. The van der Waals surface area contributed by atoms with E-state index in [1.165, 1.54) is 0 Å². The lowest BCUT2D eigenvalue weighted by Crippen LogP contribution is -2.23. The van der Waals surface area contributed by atoms with Gasteiger partial charge in [0, 0.05) is 12.6 Å². The van der Waals surface area contributed by atoms with E-state index in [0.717, 1.165) is 25.3 Å². The van der Waals surface area contributed by atoms with E-state index in [1.807, 2.05) is 12.1 Å². The van der Waals surface area contributed by atoms with E-state index in [1.54, 1.807) is 6.26 Å². The second-order valence-corrected chi connectivity index (χ2v) is 3.75. The van der Waals surface area contributed by atoms with Crippen molar-refractivity contribution in [1.29, 1.82) is 0 Å². The predicted molar refractivity (Wildman–Crippen MR) is 55.6 cm³/mol. The SMILES string of the molecule is NC1C=CC(CNCc2ccco2)C1. The van der Waals surface area contributed by atoms with Gasteiger partial charge in [-0.2, -0.15) is 0 Å². The minimum absolute atomic E-state index is 0.255. The molecular weight excluding hydrogens is 176 g/mol. The molecule has 2 atom stereocenters. The van der Waals surface area contributed by atoms with Gasteiger partial charge in [-0.15, -0.1) is 0 Å². The maximum absolute atomic E-state index is 5.76. The van der Waals surface area contributed by atoms with E-state index in [0.29, 0.717) is 5.92 Å². The molecular formula is C11H16N2O. The standard InChI is InChI=1S/C11H16N2O/c12-10-4-3-9(6-10)7-13-8-11-2-1-5-14-11/h1-5,9-10,13H,6-8,12H2. The van der Waals surface area contributed by atoms with Gasteiger partial charge in [0.2, 0.25) is 0 Å². The van der Waals surface area contributed by atoms with Crippen molar-refractivity contribution in [3.8, 4) is 0 Å². The van der Waals surface area contributed by atoms with Crippen LogP contribution in [0.15, 0.2) is 35.0 Å². The highest BCUT2D eigenvalue weighted by Crippen LogP contribution is 2.15. The Bertz CT molecular complexity index is 292. The van der Waals surface area contributed by atoms with E-state index in [-0.39, 0.29) is 6.04 Å². The quantitative estimate of drug-likeness (QED) is 0.706. The summed E-state index contributed by atoms with van der Waals surface area (Å²) in [6.45, 7) is 1.78. The zero-order chi connectivity index (χ0) is 9.80. The Morgan fingerprint density at radius 3 is 3.07 bits per heavy atom. The summed E-state index contributed by atoms with van der Waals surface area (Å²) in [4.78, 5) is 0. The van der Waals surface area contributed by atoms with Gasteiger partial charge in [0.25, 0.3) is 0 Å². The molecule has 0 bridgehead atoms. The Kier molecular flexibility index (Phi) is 3.01. The van der Waals surface area contributed by atoms with Gasteiger partial charge < -0.3 is 15.5 Å². The summed E-state index contributed by atoms with van der Waals surface area (Å²) in [6.07, 6.45) is 7.03. The Balaban J connectivity index is 1.66. The first-order chi connectivity index (χ1) is 6.84. The summed E-state index contributed by atoms with van der Waals surface area (Å²) >= 11 is 0. The molecule has 2 rings (SSSR count). The summed E-state index contributed by atoms with van der Waals surface area (Å²) in [7, 11) is 0. The van der Waals surface area contributed by atoms with Crippen molar-refractivity contribution in [3.63, 3.8) is 0 Å².